The predicted molar refractivity (Wildman–Crippen MR) is 95.9 cm³/mol. The molecule has 3 aromatic rings. The highest BCUT2D eigenvalue weighted by atomic mass is 32.2. The standard InChI is InChI=1S/C19H18N2O2S/c1-13-3-6-17(7-4-13)24(22,23)21-10-9-15-12-16-11-14(2)5-8-18(16)20-19(15)21/h3-8,11-12H,9-10H2,1-2H3. The Morgan fingerprint density at radius 3 is 2.42 bits per heavy atom. The molecular formula is C19H18N2O2S. The minimum atomic E-state index is -3.57. The summed E-state index contributed by atoms with van der Waals surface area (Å²) in [5.41, 5.74) is 4.02. The van der Waals surface area contributed by atoms with Crippen molar-refractivity contribution in [3.8, 4) is 0 Å². The molecule has 1 aliphatic rings. The molecule has 0 saturated carbocycles. The zero-order valence-corrected chi connectivity index (χ0v) is 14.5. The Bertz CT molecular complexity index is 1040. The quantitative estimate of drug-likeness (QED) is 0.717. The summed E-state index contributed by atoms with van der Waals surface area (Å²) in [7, 11) is -3.57. The van der Waals surface area contributed by atoms with Gasteiger partial charge in [0.15, 0.2) is 0 Å². The first-order valence-corrected chi connectivity index (χ1v) is 9.39. The third kappa shape index (κ3) is 2.36. The van der Waals surface area contributed by atoms with Crippen molar-refractivity contribution in [3.05, 3.63) is 65.2 Å². The van der Waals surface area contributed by atoms with Crippen molar-refractivity contribution in [3.63, 3.8) is 0 Å². The third-order valence-electron chi connectivity index (χ3n) is 4.46. The van der Waals surface area contributed by atoms with Gasteiger partial charge in [0.2, 0.25) is 0 Å². The Labute approximate surface area is 141 Å². The molecule has 0 unspecified atom stereocenters. The summed E-state index contributed by atoms with van der Waals surface area (Å²) in [6, 6.07) is 15.0. The molecule has 0 saturated heterocycles. The smallest absolute Gasteiger partial charge is 0.249 e. The summed E-state index contributed by atoms with van der Waals surface area (Å²) in [6.07, 6.45) is 0.692. The lowest BCUT2D eigenvalue weighted by Crippen LogP contribution is -2.29. The highest BCUT2D eigenvalue weighted by Crippen LogP contribution is 2.33. The van der Waals surface area contributed by atoms with E-state index >= 15 is 0 Å². The predicted octanol–water partition coefficient (Wildman–Crippen LogP) is 3.60. The molecule has 1 aromatic heterocycles. The number of aryl methyl sites for hydroxylation is 2. The van der Waals surface area contributed by atoms with Crippen LogP contribution in [0.1, 0.15) is 16.7 Å². The molecule has 122 valence electrons. The van der Waals surface area contributed by atoms with Crippen molar-refractivity contribution < 1.29 is 8.42 Å². The van der Waals surface area contributed by atoms with Gasteiger partial charge in [0.25, 0.3) is 10.0 Å². The molecular weight excluding hydrogens is 320 g/mol. The number of fused-ring (bicyclic) bond motifs is 2. The maximum Gasteiger partial charge on any atom is 0.265 e. The number of hydrogen-bond donors (Lipinski definition) is 0. The fourth-order valence-electron chi connectivity index (χ4n) is 3.13. The molecule has 24 heavy (non-hydrogen) atoms. The van der Waals surface area contributed by atoms with Gasteiger partial charge in [-0.25, -0.2) is 17.7 Å². The summed E-state index contributed by atoms with van der Waals surface area (Å²) >= 11 is 0. The van der Waals surface area contributed by atoms with E-state index in [4.69, 9.17) is 0 Å². The third-order valence-corrected chi connectivity index (χ3v) is 6.26. The average molecular weight is 338 g/mol. The Kier molecular flexibility index (Phi) is 3.35. The van der Waals surface area contributed by atoms with Crippen molar-refractivity contribution in [1.29, 1.82) is 0 Å². The van der Waals surface area contributed by atoms with E-state index in [2.05, 4.69) is 17.1 Å². The molecule has 0 atom stereocenters. The van der Waals surface area contributed by atoms with E-state index in [0.717, 1.165) is 22.0 Å². The fraction of sp³-hybridized carbons (Fsp3) is 0.211. The summed E-state index contributed by atoms with van der Waals surface area (Å²) in [5.74, 6) is 0.562. The van der Waals surface area contributed by atoms with Crippen molar-refractivity contribution in [2.75, 3.05) is 10.8 Å². The van der Waals surface area contributed by atoms with Gasteiger partial charge in [0.05, 0.1) is 10.4 Å². The second-order valence-corrected chi connectivity index (χ2v) is 8.17. The number of benzene rings is 2. The van der Waals surface area contributed by atoms with Crippen molar-refractivity contribution >= 4 is 26.7 Å². The first-order valence-electron chi connectivity index (χ1n) is 7.95. The molecule has 0 radical (unpaired) electrons. The van der Waals surface area contributed by atoms with E-state index in [1.54, 1.807) is 12.1 Å². The first kappa shape index (κ1) is 15.1. The summed E-state index contributed by atoms with van der Waals surface area (Å²) in [4.78, 5) is 4.95. The first-order chi connectivity index (χ1) is 11.4. The zero-order valence-electron chi connectivity index (χ0n) is 13.7. The van der Waals surface area contributed by atoms with E-state index < -0.39 is 10.0 Å². The van der Waals surface area contributed by atoms with Gasteiger partial charge >= 0.3 is 0 Å². The molecule has 2 aromatic carbocycles. The number of anilines is 1. The van der Waals surface area contributed by atoms with Crippen LogP contribution >= 0.6 is 0 Å². The van der Waals surface area contributed by atoms with Gasteiger partial charge in [-0.05, 0) is 56.2 Å². The number of rotatable bonds is 2. The lowest BCUT2D eigenvalue weighted by atomic mass is 10.1. The monoisotopic (exact) mass is 338 g/mol. The molecule has 4 nitrogen and oxygen atoms in total. The molecule has 1 aliphatic heterocycles. The lowest BCUT2D eigenvalue weighted by Gasteiger charge is -2.19. The van der Waals surface area contributed by atoms with Gasteiger partial charge < -0.3 is 0 Å². The second kappa shape index (κ2) is 5.31. The van der Waals surface area contributed by atoms with E-state index in [0.29, 0.717) is 23.7 Å². The highest BCUT2D eigenvalue weighted by molar-refractivity contribution is 7.92. The van der Waals surface area contributed by atoms with Gasteiger partial charge in [-0.2, -0.15) is 0 Å². The molecule has 0 N–H and O–H groups in total. The van der Waals surface area contributed by atoms with Crippen LogP contribution in [0.2, 0.25) is 0 Å². The van der Waals surface area contributed by atoms with E-state index in [1.807, 2.05) is 38.1 Å². The Morgan fingerprint density at radius 2 is 1.67 bits per heavy atom. The fourth-order valence-corrected chi connectivity index (χ4v) is 4.58. The van der Waals surface area contributed by atoms with Crippen LogP contribution in [0.3, 0.4) is 0 Å². The van der Waals surface area contributed by atoms with Gasteiger partial charge in [-0.3, -0.25) is 0 Å². The molecule has 0 spiro atoms. The second-order valence-electron chi connectivity index (χ2n) is 6.31. The van der Waals surface area contributed by atoms with Crippen LogP contribution in [0.15, 0.2) is 53.4 Å². The van der Waals surface area contributed by atoms with E-state index in [9.17, 15) is 8.42 Å². The van der Waals surface area contributed by atoms with Crippen molar-refractivity contribution in [1.82, 2.24) is 4.98 Å². The summed E-state index contributed by atoms with van der Waals surface area (Å²) < 4.78 is 27.4. The Hall–Kier alpha value is -2.40. The molecule has 2 heterocycles. The molecule has 4 rings (SSSR count). The number of nitrogens with zero attached hydrogens (tertiary/aromatic N) is 2. The minimum absolute atomic E-state index is 0.312. The Balaban J connectivity index is 1.83. The SMILES string of the molecule is Cc1ccc(S(=O)(=O)N2CCc3cc4cc(C)ccc4nc32)cc1. The van der Waals surface area contributed by atoms with Gasteiger partial charge in [0, 0.05) is 11.9 Å². The molecule has 0 bridgehead atoms. The van der Waals surface area contributed by atoms with Gasteiger partial charge in [-0.15, -0.1) is 0 Å². The summed E-state index contributed by atoms with van der Waals surface area (Å²) in [6.45, 7) is 4.42. The van der Waals surface area contributed by atoms with Crippen LogP contribution in [0.25, 0.3) is 10.9 Å². The number of hydrogen-bond acceptors (Lipinski definition) is 3. The normalized spacial score (nSPS) is 14.2. The summed E-state index contributed by atoms with van der Waals surface area (Å²) in [5, 5.41) is 1.06. The van der Waals surface area contributed by atoms with Crippen molar-refractivity contribution in [2.45, 2.75) is 25.2 Å². The largest absolute Gasteiger partial charge is 0.265 e. The highest BCUT2D eigenvalue weighted by Gasteiger charge is 2.32. The van der Waals surface area contributed by atoms with Crippen LogP contribution in [-0.2, 0) is 16.4 Å². The van der Waals surface area contributed by atoms with Gasteiger partial charge in [0.1, 0.15) is 5.82 Å². The van der Waals surface area contributed by atoms with Gasteiger partial charge in [-0.1, -0.05) is 29.3 Å². The van der Waals surface area contributed by atoms with Crippen LogP contribution in [0, 0.1) is 13.8 Å². The molecule has 0 amide bonds. The van der Waals surface area contributed by atoms with E-state index in [-0.39, 0.29) is 0 Å². The number of pyridine rings is 1. The minimum Gasteiger partial charge on any atom is -0.249 e. The molecule has 0 aliphatic carbocycles. The topological polar surface area (TPSA) is 50.3 Å². The van der Waals surface area contributed by atoms with E-state index in [1.165, 1.54) is 9.87 Å². The lowest BCUT2D eigenvalue weighted by molar-refractivity contribution is 0.592. The zero-order chi connectivity index (χ0) is 16.9. The van der Waals surface area contributed by atoms with Crippen LogP contribution in [0.5, 0.6) is 0 Å². The maximum atomic E-state index is 13.0. The van der Waals surface area contributed by atoms with Crippen LogP contribution in [-0.4, -0.2) is 19.9 Å². The number of aromatic nitrogens is 1. The maximum absolute atomic E-state index is 13.0. The average Bonchev–Trinajstić information content (AvgIpc) is 2.96. The molecule has 0 fully saturated rings. The van der Waals surface area contributed by atoms with Crippen molar-refractivity contribution in [2.24, 2.45) is 0 Å². The Morgan fingerprint density at radius 1 is 0.958 bits per heavy atom. The van der Waals surface area contributed by atoms with Crippen LogP contribution < -0.4 is 4.31 Å². The van der Waals surface area contributed by atoms with Crippen LogP contribution in [0.4, 0.5) is 5.82 Å². The molecule has 5 heteroatoms. The number of sulfonamides is 1.